The molecule has 0 bridgehead atoms. The van der Waals surface area contributed by atoms with E-state index in [4.69, 9.17) is 33.0 Å². The van der Waals surface area contributed by atoms with Crippen molar-refractivity contribution in [3.8, 4) is 0 Å². The molecule has 1 heterocycles. The maximum absolute atomic E-state index is 13.2. The Morgan fingerprint density at radius 1 is 1.32 bits per heavy atom. The Balaban J connectivity index is 2.22. The topological polar surface area (TPSA) is 77.0 Å². The number of alkyl halides is 2. The Kier molecular flexibility index (Phi) is 7.28. The van der Waals surface area contributed by atoms with Gasteiger partial charge in [-0.25, -0.2) is 4.89 Å². The van der Waals surface area contributed by atoms with Gasteiger partial charge in [-0.05, 0) is 5.56 Å². The van der Waals surface area contributed by atoms with Crippen molar-refractivity contribution in [3.63, 3.8) is 0 Å². The van der Waals surface area contributed by atoms with E-state index in [0.717, 1.165) is 5.56 Å². The lowest BCUT2D eigenvalue weighted by molar-refractivity contribution is -0.302. The maximum Gasteiger partial charge on any atom is 0.253 e. The Bertz CT molecular complexity index is 453. The Morgan fingerprint density at radius 2 is 1.95 bits per heavy atom. The number of nitrogens with zero attached hydrogens (tertiary/aromatic N) is 1. The lowest BCUT2D eigenvalue weighted by Gasteiger charge is -2.44. The molecule has 0 saturated carbocycles. The number of benzene rings is 1. The second-order valence-corrected chi connectivity index (χ2v) is 7.65. The summed E-state index contributed by atoms with van der Waals surface area (Å²) in [5, 5.41) is 11.7. The van der Waals surface area contributed by atoms with Crippen molar-refractivity contribution in [1.29, 1.82) is 0 Å². The molecule has 0 spiro atoms. The Morgan fingerprint density at radius 3 is 2.50 bits per heavy atom. The number of rotatable bonds is 7. The lowest BCUT2D eigenvalue weighted by Crippen LogP contribution is -2.51. The summed E-state index contributed by atoms with van der Waals surface area (Å²) < 4.78 is 7.38. The molecule has 124 valence electrons. The van der Waals surface area contributed by atoms with E-state index in [0.29, 0.717) is 19.5 Å². The van der Waals surface area contributed by atoms with E-state index in [9.17, 15) is 4.89 Å². The van der Waals surface area contributed by atoms with Crippen molar-refractivity contribution < 1.29 is 19.6 Å². The van der Waals surface area contributed by atoms with Gasteiger partial charge in [0.25, 0.3) is 8.02 Å². The van der Waals surface area contributed by atoms with Gasteiger partial charge in [0, 0.05) is 18.2 Å². The monoisotopic (exact) mass is 368 g/mol. The van der Waals surface area contributed by atoms with Gasteiger partial charge >= 0.3 is 0 Å². The second-order valence-electron chi connectivity index (χ2n) is 4.82. The van der Waals surface area contributed by atoms with E-state index in [1.165, 1.54) is 0 Å². The van der Waals surface area contributed by atoms with E-state index < -0.39 is 20.3 Å². The van der Waals surface area contributed by atoms with Gasteiger partial charge in [0.15, 0.2) is 6.23 Å². The van der Waals surface area contributed by atoms with Crippen LogP contribution < -0.4 is 9.98 Å². The van der Waals surface area contributed by atoms with Gasteiger partial charge in [0.05, 0.1) is 13.1 Å². The molecule has 0 radical (unpaired) electrons. The van der Waals surface area contributed by atoms with Crippen LogP contribution in [-0.4, -0.2) is 41.0 Å². The minimum Gasteiger partial charge on any atom is -0.626 e. The second kappa shape index (κ2) is 8.73. The highest BCUT2D eigenvalue weighted by atomic mass is 35.5. The molecule has 1 fully saturated rings. The van der Waals surface area contributed by atoms with Gasteiger partial charge in [-0.1, -0.05) is 30.3 Å². The van der Waals surface area contributed by atoms with Crippen LogP contribution in [0.2, 0.25) is 0 Å². The zero-order valence-electron chi connectivity index (χ0n) is 11.9. The van der Waals surface area contributed by atoms with E-state index in [1.54, 1.807) is 4.67 Å². The first-order valence-corrected chi connectivity index (χ1v) is 9.56. The average molecular weight is 369 g/mol. The predicted octanol–water partition coefficient (Wildman–Crippen LogP) is 2.37. The van der Waals surface area contributed by atoms with Crippen LogP contribution in [0.4, 0.5) is 0 Å². The number of halogens is 2. The minimum absolute atomic E-state index is 0.284. The van der Waals surface area contributed by atoms with Crippen LogP contribution in [-0.2, 0) is 9.41 Å². The molecule has 6 nitrogen and oxygen atoms in total. The summed E-state index contributed by atoms with van der Waals surface area (Å²) in [6, 6.07) is 9.38. The van der Waals surface area contributed by atoms with Crippen molar-refractivity contribution in [3.05, 3.63) is 35.9 Å². The summed E-state index contributed by atoms with van der Waals surface area (Å²) >= 11 is 11.5. The molecule has 1 aliphatic heterocycles. The van der Waals surface area contributed by atoms with Crippen molar-refractivity contribution in [2.45, 2.75) is 18.8 Å². The van der Waals surface area contributed by atoms with Crippen LogP contribution in [0, 0.1) is 0 Å². The van der Waals surface area contributed by atoms with E-state index in [-0.39, 0.29) is 11.8 Å². The molecule has 0 aliphatic carbocycles. The van der Waals surface area contributed by atoms with Gasteiger partial charge in [-0.15, -0.1) is 33.0 Å². The van der Waals surface area contributed by atoms with Crippen molar-refractivity contribution in [2.24, 2.45) is 0 Å². The molecule has 0 aromatic heterocycles. The average Bonchev–Trinajstić information content (AvgIpc) is 2.55. The van der Waals surface area contributed by atoms with Crippen LogP contribution in [0.5, 0.6) is 0 Å². The fraction of sp³-hybridized carbons (Fsp3) is 0.538. The van der Waals surface area contributed by atoms with E-state index >= 15 is 0 Å². The zero-order chi connectivity index (χ0) is 16.0. The third kappa shape index (κ3) is 4.51. The summed E-state index contributed by atoms with van der Waals surface area (Å²) in [5.41, 5.74) is 0.864. The molecule has 2 N–H and O–H groups in total. The van der Waals surface area contributed by atoms with Crippen LogP contribution in [0.15, 0.2) is 30.3 Å². The first kappa shape index (κ1) is 18.3. The normalized spacial score (nSPS) is 29.0. The molecule has 3 atom stereocenters. The van der Waals surface area contributed by atoms with Crippen LogP contribution in [0.25, 0.3) is 0 Å². The fourth-order valence-corrected chi connectivity index (χ4v) is 5.12. The highest BCUT2D eigenvalue weighted by Crippen LogP contribution is 2.58. The highest BCUT2D eigenvalue weighted by Gasteiger charge is 2.47. The number of hydrogen-bond donors (Lipinski definition) is 2. The highest BCUT2D eigenvalue weighted by molar-refractivity contribution is 7.59. The first-order valence-electron chi connectivity index (χ1n) is 6.91. The molecule has 0 amide bonds. The number of hydrogen-bond acceptors (Lipinski definition) is 6. The molecule has 1 aromatic rings. The van der Waals surface area contributed by atoms with Crippen molar-refractivity contribution in [1.82, 2.24) is 9.76 Å². The summed E-state index contributed by atoms with van der Waals surface area (Å²) in [6.45, 7) is 0.691. The third-order valence-corrected chi connectivity index (χ3v) is 6.00. The van der Waals surface area contributed by atoms with Crippen LogP contribution >= 0.6 is 31.2 Å². The predicted molar refractivity (Wildman–Crippen MR) is 85.5 cm³/mol. The van der Waals surface area contributed by atoms with E-state index in [1.807, 2.05) is 30.3 Å². The summed E-state index contributed by atoms with van der Waals surface area (Å²) in [4.78, 5) is 17.5. The van der Waals surface area contributed by atoms with Gasteiger partial charge in [-0.3, -0.25) is 5.26 Å². The first-order chi connectivity index (χ1) is 10.6. The van der Waals surface area contributed by atoms with Crippen LogP contribution in [0.3, 0.4) is 0 Å². The largest absolute Gasteiger partial charge is 0.626 e. The Labute approximate surface area is 140 Å². The maximum atomic E-state index is 13.2. The van der Waals surface area contributed by atoms with Crippen molar-refractivity contribution >= 4 is 31.2 Å². The third-order valence-electron chi connectivity index (χ3n) is 3.36. The summed E-state index contributed by atoms with van der Waals surface area (Å²) in [5.74, 6) is 0.569. The Hall–Kier alpha value is -0.0100. The zero-order valence-corrected chi connectivity index (χ0v) is 14.3. The van der Waals surface area contributed by atoms with Gasteiger partial charge < -0.3 is 4.89 Å². The van der Waals surface area contributed by atoms with Crippen molar-refractivity contribution in [2.75, 3.05) is 24.8 Å². The fourth-order valence-electron chi connectivity index (χ4n) is 2.32. The molecule has 1 unspecified atom stereocenters. The minimum atomic E-state index is -3.42. The molecule has 1 aromatic carbocycles. The van der Waals surface area contributed by atoms with Gasteiger partial charge in [-0.2, -0.15) is 4.52 Å². The standard InChI is InChI=1S/C13H19Cl2N2O4P/c14-6-8-17(9-7-15)22(19)16-13(20-18)10-12(21-22)11-4-2-1-3-5-11/h1-5,12-13,18H,6-10H2,(H,16,19)/t12-,13+,22?/m0/s1. The van der Waals surface area contributed by atoms with Gasteiger partial charge in [0.1, 0.15) is 6.10 Å². The molecular weight excluding hydrogens is 350 g/mol. The quantitative estimate of drug-likeness (QED) is 0.333. The smallest absolute Gasteiger partial charge is 0.253 e. The van der Waals surface area contributed by atoms with E-state index in [2.05, 4.69) is 9.97 Å². The SMILES string of the molecule is [O-][P+]1(N(CCCl)CCCl)N[C@H](OO)C[C@@H](c2ccccc2)O1. The van der Waals surface area contributed by atoms with Crippen LogP contribution in [0.1, 0.15) is 18.1 Å². The molecule has 1 aliphatic rings. The molecular formula is C13H19Cl2N2O4P. The molecule has 2 rings (SSSR count). The van der Waals surface area contributed by atoms with Gasteiger partial charge in [0.2, 0.25) is 0 Å². The molecule has 22 heavy (non-hydrogen) atoms. The number of nitrogens with one attached hydrogen (secondary N) is 1. The molecule has 9 heteroatoms. The summed E-state index contributed by atoms with van der Waals surface area (Å²) in [7, 11) is -3.42. The lowest BCUT2D eigenvalue weighted by atomic mass is 10.1. The molecule has 1 saturated heterocycles. The summed E-state index contributed by atoms with van der Waals surface area (Å²) in [6.07, 6.45) is -0.920.